The first-order valence-corrected chi connectivity index (χ1v) is 13.1. The Kier molecular flexibility index (Phi) is 6.70. The number of halogens is 2. The van der Waals surface area contributed by atoms with Crippen LogP contribution < -0.4 is 14.9 Å². The highest BCUT2D eigenvalue weighted by molar-refractivity contribution is 14.1. The van der Waals surface area contributed by atoms with Crippen LogP contribution in [-0.4, -0.2) is 22.2 Å². The molecule has 0 aliphatic carbocycles. The molecule has 0 spiro atoms. The molecule has 0 saturated heterocycles. The summed E-state index contributed by atoms with van der Waals surface area (Å²) >= 11 is 6.90. The van der Waals surface area contributed by atoms with Gasteiger partial charge in [0.25, 0.3) is 5.56 Å². The quantitative estimate of drug-likeness (QED) is 0.337. The molecule has 1 aromatic carbocycles. The van der Waals surface area contributed by atoms with Crippen LogP contribution in [0.5, 0.6) is 5.75 Å². The number of carbonyl (C=O) groups is 1. The minimum atomic E-state index is -0.572. The summed E-state index contributed by atoms with van der Waals surface area (Å²) in [7, 11) is 0. The fourth-order valence-corrected chi connectivity index (χ4v) is 7.01. The molecular formula is C21H16I2N2O4S2. The number of hydrogen-bond acceptors (Lipinski definition) is 7. The minimum Gasteiger partial charge on any atom is -0.506 e. The second kappa shape index (κ2) is 9.16. The van der Waals surface area contributed by atoms with Gasteiger partial charge >= 0.3 is 5.97 Å². The third-order valence-corrected chi connectivity index (χ3v) is 8.22. The zero-order chi connectivity index (χ0) is 22.3. The van der Waals surface area contributed by atoms with Gasteiger partial charge in [-0.25, -0.2) is 9.79 Å². The smallest absolute Gasteiger partial charge is 0.338 e. The van der Waals surface area contributed by atoms with Gasteiger partial charge in [-0.15, -0.1) is 11.3 Å². The zero-order valence-corrected chi connectivity index (χ0v) is 22.3. The average molecular weight is 678 g/mol. The van der Waals surface area contributed by atoms with Crippen LogP contribution in [0.3, 0.4) is 0 Å². The number of nitrogens with zero attached hydrogens (tertiary/aromatic N) is 2. The number of carbonyl (C=O) groups excluding carboxylic acids is 1. The Bertz CT molecular complexity index is 1360. The fraction of sp³-hybridized carbons (Fsp3) is 0.190. The zero-order valence-electron chi connectivity index (χ0n) is 16.4. The van der Waals surface area contributed by atoms with Crippen molar-refractivity contribution in [2.45, 2.75) is 19.9 Å². The second-order valence-corrected chi connectivity index (χ2v) is 11.0. The number of thiazole rings is 1. The predicted octanol–water partition coefficient (Wildman–Crippen LogP) is 3.77. The van der Waals surface area contributed by atoms with Crippen LogP contribution in [0.25, 0.3) is 6.08 Å². The van der Waals surface area contributed by atoms with E-state index in [0.29, 0.717) is 27.7 Å². The molecule has 1 aliphatic heterocycles. The third kappa shape index (κ3) is 4.26. The summed E-state index contributed by atoms with van der Waals surface area (Å²) in [6.45, 7) is 3.77. The van der Waals surface area contributed by atoms with Gasteiger partial charge < -0.3 is 9.84 Å². The van der Waals surface area contributed by atoms with Gasteiger partial charge in [-0.2, -0.15) is 0 Å². The lowest BCUT2D eigenvalue weighted by Gasteiger charge is -2.23. The van der Waals surface area contributed by atoms with E-state index in [1.54, 1.807) is 24.5 Å². The van der Waals surface area contributed by atoms with Crippen molar-refractivity contribution in [3.05, 3.63) is 78.2 Å². The van der Waals surface area contributed by atoms with E-state index >= 15 is 0 Å². The van der Waals surface area contributed by atoms with Gasteiger partial charge in [0.2, 0.25) is 0 Å². The van der Waals surface area contributed by atoms with E-state index in [2.05, 4.69) is 50.2 Å². The molecule has 1 N–H and O–H groups in total. The van der Waals surface area contributed by atoms with Crippen molar-refractivity contribution in [2.75, 3.05) is 6.61 Å². The first kappa shape index (κ1) is 22.7. The summed E-state index contributed by atoms with van der Waals surface area (Å²) in [6.07, 6.45) is 1.79. The first-order valence-electron chi connectivity index (χ1n) is 9.23. The van der Waals surface area contributed by atoms with E-state index in [9.17, 15) is 14.7 Å². The standard InChI is InChI=1S/C21H16I2N2O4S2/c1-3-29-20(28)16-10(2)24-21-25(17(16)14-5-4-6-30-14)19(27)15(31-21)9-11-7-12(22)18(26)13(23)8-11/h4-9,17,26H,3H2,1-2H3/t17-/m1/s1. The number of aromatic hydroxyl groups is 1. The molecule has 1 atom stereocenters. The summed E-state index contributed by atoms with van der Waals surface area (Å²) in [6, 6.07) is 6.88. The van der Waals surface area contributed by atoms with E-state index in [1.165, 1.54) is 22.7 Å². The van der Waals surface area contributed by atoms with Gasteiger partial charge in [0.1, 0.15) is 11.8 Å². The van der Waals surface area contributed by atoms with Crippen molar-refractivity contribution in [3.63, 3.8) is 0 Å². The Labute approximate surface area is 212 Å². The van der Waals surface area contributed by atoms with Crippen LogP contribution >= 0.6 is 67.9 Å². The minimum absolute atomic E-state index is 0.213. The molecule has 1 aliphatic rings. The number of allylic oxidation sites excluding steroid dienone is 1. The molecule has 0 amide bonds. The van der Waals surface area contributed by atoms with Crippen molar-refractivity contribution in [3.8, 4) is 5.75 Å². The highest BCUT2D eigenvalue weighted by Gasteiger charge is 2.33. The van der Waals surface area contributed by atoms with Gasteiger partial charge in [0.05, 0.1) is 29.5 Å². The molecule has 2 aromatic heterocycles. The highest BCUT2D eigenvalue weighted by atomic mass is 127. The number of rotatable bonds is 4. The van der Waals surface area contributed by atoms with E-state index in [4.69, 9.17) is 4.74 Å². The second-order valence-electron chi connectivity index (χ2n) is 6.65. The summed E-state index contributed by atoms with van der Waals surface area (Å²) < 4.78 is 8.79. The molecule has 0 saturated carbocycles. The molecule has 31 heavy (non-hydrogen) atoms. The Morgan fingerprint density at radius 3 is 2.68 bits per heavy atom. The van der Waals surface area contributed by atoms with E-state index in [0.717, 1.165) is 10.4 Å². The lowest BCUT2D eigenvalue weighted by atomic mass is 10.0. The third-order valence-electron chi connectivity index (χ3n) is 4.67. The van der Waals surface area contributed by atoms with Gasteiger partial charge in [0, 0.05) is 4.88 Å². The molecule has 3 aromatic rings. The lowest BCUT2D eigenvalue weighted by molar-refractivity contribution is -0.139. The fourth-order valence-electron chi connectivity index (χ4n) is 3.33. The van der Waals surface area contributed by atoms with Crippen LogP contribution in [0.15, 0.2) is 50.7 Å². The van der Waals surface area contributed by atoms with Crippen molar-refractivity contribution in [1.29, 1.82) is 0 Å². The molecule has 0 fully saturated rings. The van der Waals surface area contributed by atoms with E-state index < -0.39 is 12.0 Å². The molecule has 160 valence electrons. The number of ether oxygens (including phenoxy) is 1. The van der Waals surface area contributed by atoms with Crippen LogP contribution in [0.1, 0.15) is 30.3 Å². The number of phenols is 1. The number of aromatic nitrogens is 1. The molecule has 10 heteroatoms. The van der Waals surface area contributed by atoms with Crippen LogP contribution in [0.4, 0.5) is 0 Å². The normalized spacial score (nSPS) is 16.3. The summed E-state index contributed by atoms with van der Waals surface area (Å²) in [5, 5.41) is 11.9. The molecule has 3 heterocycles. The van der Waals surface area contributed by atoms with Crippen LogP contribution in [0, 0.1) is 7.14 Å². The maximum absolute atomic E-state index is 13.5. The Morgan fingerprint density at radius 1 is 1.35 bits per heavy atom. The molecule has 6 nitrogen and oxygen atoms in total. The molecule has 0 bridgehead atoms. The maximum Gasteiger partial charge on any atom is 0.338 e. The summed E-state index contributed by atoms with van der Waals surface area (Å²) in [4.78, 5) is 32.2. The number of thiophene rings is 1. The summed E-state index contributed by atoms with van der Waals surface area (Å²) in [5.74, 6) is -0.230. The number of hydrogen-bond donors (Lipinski definition) is 1. The van der Waals surface area contributed by atoms with Gasteiger partial charge in [-0.3, -0.25) is 9.36 Å². The van der Waals surface area contributed by atoms with E-state index in [-0.39, 0.29) is 17.9 Å². The Balaban J connectivity index is 1.94. The number of esters is 1. The summed E-state index contributed by atoms with van der Waals surface area (Å²) in [5.41, 5.74) is 1.54. The van der Waals surface area contributed by atoms with Crippen molar-refractivity contribution >= 4 is 79.9 Å². The molecule has 0 unspecified atom stereocenters. The van der Waals surface area contributed by atoms with Gasteiger partial charge in [0.15, 0.2) is 4.80 Å². The average Bonchev–Trinajstić information content (AvgIpc) is 3.34. The monoisotopic (exact) mass is 678 g/mol. The Morgan fingerprint density at radius 2 is 2.06 bits per heavy atom. The number of fused-ring (bicyclic) bond motifs is 1. The first-order chi connectivity index (χ1) is 14.8. The van der Waals surface area contributed by atoms with Crippen molar-refractivity contribution in [1.82, 2.24) is 4.57 Å². The van der Waals surface area contributed by atoms with Gasteiger partial charge in [-0.1, -0.05) is 17.4 Å². The number of phenolic OH excluding ortho intramolecular Hbond substituents is 1. The largest absolute Gasteiger partial charge is 0.506 e. The van der Waals surface area contributed by atoms with Gasteiger partial charge in [-0.05, 0) is 94.2 Å². The molecule has 4 rings (SSSR count). The lowest BCUT2D eigenvalue weighted by Crippen LogP contribution is -2.39. The van der Waals surface area contributed by atoms with Crippen LogP contribution in [0.2, 0.25) is 0 Å². The van der Waals surface area contributed by atoms with Crippen molar-refractivity contribution < 1.29 is 14.6 Å². The number of benzene rings is 1. The Hall–Kier alpha value is -1.51. The SMILES string of the molecule is CCOC(=O)C1=C(C)N=c2sc(=Cc3cc(I)c(O)c(I)c3)c(=O)n2[C@@H]1c1cccs1. The van der Waals surface area contributed by atoms with E-state index in [1.807, 2.05) is 29.6 Å². The van der Waals surface area contributed by atoms with Crippen LogP contribution in [-0.2, 0) is 9.53 Å². The maximum atomic E-state index is 13.5. The predicted molar refractivity (Wildman–Crippen MR) is 138 cm³/mol. The molecular weight excluding hydrogens is 662 g/mol. The highest BCUT2D eigenvalue weighted by Crippen LogP contribution is 2.33. The van der Waals surface area contributed by atoms with Crippen molar-refractivity contribution in [2.24, 2.45) is 4.99 Å². The topological polar surface area (TPSA) is 80.9 Å². The molecule has 0 radical (unpaired) electrons.